The van der Waals surface area contributed by atoms with Crippen LogP contribution in [0, 0.1) is 0 Å². The molecule has 0 amide bonds. The summed E-state index contributed by atoms with van der Waals surface area (Å²) in [5, 5.41) is 9.30. The maximum absolute atomic E-state index is 6.10. The van der Waals surface area contributed by atoms with Crippen molar-refractivity contribution >= 4 is 34.1 Å². The van der Waals surface area contributed by atoms with Crippen LogP contribution in [0.2, 0.25) is 5.28 Å². The van der Waals surface area contributed by atoms with E-state index in [2.05, 4.69) is 26.0 Å². The Hall–Kier alpha value is -2.18. The van der Waals surface area contributed by atoms with E-state index in [-0.39, 0.29) is 11.5 Å². The minimum atomic E-state index is 0.0423. The third-order valence-electron chi connectivity index (χ3n) is 5.01. The number of halogens is 1. The molecule has 0 radical (unpaired) electrons. The van der Waals surface area contributed by atoms with Crippen LogP contribution in [-0.2, 0) is 4.74 Å². The summed E-state index contributed by atoms with van der Waals surface area (Å²) in [7, 11) is 0. The van der Waals surface area contributed by atoms with Crippen LogP contribution in [0.1, 0.15) is 49.9 Å². The SMILES string of the molecule is Clc1nc(Nc2cc(C3CC3)n(C3CCCCO3)n2)c2ccccc2n1. The molecule has 1 aliphatic carbocycles. The number of anilines is 2. The summed E-state index contributed by atoms with van der Waals surface area (Å²) in [5.41, 5.74) is 2.07. The van der Waals surface area contributed by atoms with Gasteiger partial charge in [0.2, 0.25) is 5.28 Å². The summed E-state index contributed by atoms with van der Waals surface area (Å²) >= 11 is 6.10. The fourth-order valence-electron chi connectivity index (χ4n) is 3.57. The second kappa shape index (κ2) is 6.52. The lowest BCUT2D eigenvalue weighted by molar-refractivity contribution is -0.0409. The summed E-state index contributed by atoms with van der Waals surface area (Å²) in [6.45, 7) is 0.809. The van der Waals surface area contributed by atoms with Gasteiger partial charge in [-0.2, -0.15) is 10.1 Å². The van der Waals surface area contributed by atoms with Gasteiger partial charge < -0.3 is 10.1 Å². The molecule has 3 aromatic rings. The standard InChI is InChI=1S/C19H20ClN5O/c20-19-21-14-6-2-1-5-13(14)18(23-19)22-16-11-15(12-8-9-12)25(24-16)17-7-3-4-10-26-17/h1-2,5-6,11-12,17H,3-4,7-10H2,(H,21,22,23,24). The second-order valence-electron chi connectivity index (χ2n) is 6.98. The molecular weight excluding hydrogens is 350 g/mol. The highest BCUT2D eigenvalue weighted by Crippen LogP contribution is 2.43. The molecule has 1 aromatic carbocycles. The number of benzene rings is 1. The van der Waals surface area contributed by atoms with Gasteiger partial charge in [-0.15, -0.1) is 0 Å². The molecule has 26 heavy (non-hydrogen) atoms. The molecule has 1 saturated heterocycles. The molecule has 5 rings (SSSR count). The number of nitrogens with zero attached hydrogens (tertiary/aromatic N) is 4. The molecule has 1 N–H and O–H groups in total. The van der Waals surface area contributed by atoms with Crippen LogP contribution in [0.3, 0.4) is 0 Å². The van der Waals surface area contributed by atoms with Gasteiger partial charge in [-0.1, -0.05) is 12.1 Å². The highest BCUT2D eigenvalue weighted by Gasteiger charge is 2.31. The zero-order chi connectivity index (χ0) is 17.5. The molecule has 0 bridgehead atoms. The minimum absolute atomic E-state index is 0.0423. The topological polar surface area (TPSA) is 64.9 Å². The molecule has 2 fully saturated rings. The molecule has 1 unspecified atom stereocenters. The predicted octanol–water partition coefficient (Wildman–Crippen LogP) is 4.80. The largest absolute Gasteiger partial charge is 0.357 e. The number of nitrogens with one attached hydrogen (secondary N) is 1. The predicted molar refractivity (Wildman–Crippen MR) is 101 cm³/mol. The van der Waals surface area contributed by atoms with Crippen LogP contribution in [0.4, 0.5) is 11.6 Å². The number of fused-ring (bicyclic) bond motifs is 1. The molecule has 6 nitrogen and oxygen atoms in total. The summed E-state index contributed by atoms with van der Waals surface area (Å²) in [6.07, 6.45) is 5.82. The zero-order valence-electron chi connectivity index (χ0n) is 14.4. The van der Waals surface area contributed by atoms with Crippen molar-refractivity contribution in [2.24, 2.45) is 0 Å². The van der Waals surface area contributed by atoms with Gasteiger partial charge in [0, 0.05) is 29.7 Å². The third kappa shape index (κ3) is 3.04. The fourth-order valence-corrected chi connectivity index (χ4v) is 3.74. The van der Waals surface area contributed by atoms with E-state index in [1.807, 2.05) is 24.3 Å². The van der Waals surface area contributed by atoms with Gasteiger partial charge in [0.15, 0.2) is 12.0 Å². The Bertz CT molecular complexity index is 946. The zero-order valence-corrected chi connectivity index (χ0v) is 15.1. The van der Waals surface area contributed by atoms with Crippen molar-refractivity contribution in [2.75, 3.05) is 11.9 Å². The summed E-state index contributed by atoms with van der Waals surface area (Å²) in [5.74, 6) is 2.05. The van der Waals surface area contributed by atoms with Crippen LogP contribution < -0.4 is 5.32 Å². The first kappa shape index (κ1) is 16.0. The number of rotatable bonds is 4. The van der Waals surface area contributed by atoms with Crippen LogP contribution in [0.15, 0.2) is 30.3 Å². The van der Waals surface area contributed by atoms with Gasteiger partial charge in [-0.05, 0) is 55.8 Å². The first-order valence-corrected chi connectivity index (χ1v) is 9.56. The molecule has 1 saturated carbocycles. The van der Waals surface area contributed by atoms with E-state index in [4.69, 9.17) is 21.4 Å². The van der Waals surface area contributed by atoms with Crippen molar-refractivity contribution in [1.82, 2.24) is 19.7 Å². The van der Waals surface area contributed by atoms with Gasteiger partial charge in [0.05, 0.1) is 5.52 Å². The van der Waals surface area contributed by atoms with Crippen LogP contribution in [0.25, 0.3) is 10.9 Å². The van der Waals surface area contributed by atoms with Gasteiger partial charge in [0.25, 0.3) is 0 Å². The highest BCUT2D eigenvalue weighted by molar-refractivity contribution is 6.28. The maximum atomic E-state index is 6.10. The van der Waals surface area contributed by atoms with Gasteiger partial charge in [-0.25, -0.2) is 9.67 Å². The molecule has 134 valence electrons. The van der Waals surface area contributed by atoms with Crippen molar-refractivity contribution in [1.29, 1.82) is 0 Å². The lowest BCUT2D eigenvalue weighted by Gasteiger charge is -2.24. The maximum Gasteiger partial charge on any atom is 0.224 e. The molecule has 2 aliphatic rings. The van der Waals surface area contributed by atoms with Gasteiger partial charge >= 0.3 is 0 Å². The quantitative estimate of drug-likeness (QED) is 0.669. The molecule has 0 spiro atoms. The van der Waals surface area contributed by atoms with Crippen LogP contribution in [-0.4, -0.2) is 26.4 Å². The average molecular weight is 370 g/mol. The van der Waals surface area contributed by atoms with E-state index in [9.17, 15) is 0 Å². The van der Waals surface area contributed by atoms with Crippen molar-refractivity contribution in [3.8, 4) is 0 Å². The number of hydrogen-bond acceptors (Lipinski definition) is 5. The fraction of sp³-hybridized carbons (Fsp3) is 0.421. The Morgan fingerprint density at radius 2 is 2.00 bits per heavy atom. The molecule has 1 atom stereocenters. The summed E-state index contributed by atoms with van der Waals surface area (Å²) in [6, 6.07) is 9.94. The Balaban J connectivity index is 1.51. The van der Waals surface area contributed by atoms with Gasteiger partial charge in [-0.3, -0.25) is 0 Å². The van der Waals surface area contributed by atoms with E-state index in [1.165, 1.54) is 25.0 Å². The third-order valence-corrected chi connectivity index (χ3v) is 5.18. The smallest absolute Gasteiger partial charge is 0.224 e. The minimum Gasteiger partial charge on any atom is -0.357 e. The molecule has 3 heterocycles. The number of para-hydroxylation sites is 1. The normalized spacial score (nSPS) is 20.4. The monoisotopic (exact) mass is 369 g/mol. The number of ether oxygens (including phenoxy) is 1. The van der Waals surface area contributed by atoms with Crippen molar-refractivity contribution in [3.63, 3.8) is 0 Å². The first-order valence-electron chi connectivity index (χ1n) is 9.18. The molecule has 7 heteroatoms. The molecule has 2 aromatic heterocycles. The van der Waals surface area contributed by atoms with Crippen LogP contribution in [0.5, 0.6) is 0 Å². The van der Waals surface area contributed by atoms with E-state index in [1.54, 1.807) is 0 Å². The Morgan fingerprint density at radius 3 is 2.81 bits per heavy atom. The molecule has 1 aliphatic heterocycles. The first-order chi connectivity index (χ1) is 12.8. The van der Waals surface area contributed by atoms with Crippen molar-refractivity contribution in [3.05, 3.63) is 41.3 Å². The Labute approximate surface area is 156 Å². The van der Waals surface area contributed by atoms with Crippen LogP contribution >= 0.6 is 11.6 Å². The van der Waals surface area contributed by atoms with E-state index < -0.39 is 0 Å². The van der Waals surface area contributed by atoms with E-state index in [0.717, 1.165) is 36.2 Å². The Morgan fingerprint density at radius 1 is 1.12 bits per heavy atom. The van der Waals surface area contributed by atoms with Crippen molar-refractivity contribution in [2.45, 2.75) is 44.2 Å². The average Bonchev–Trinajstić information content (AvgIpc) is 3.43. The summed E-state index contributed by atoms with van der Waals surface area (Å²) in [4.78, 5) is 8.65. The van der Waals surface area contributed by atoms with E-state index in [0.29, 0.717) is 11.7 Å². The highest BCUT2D eigenvalue weighted by atomic mass is 35.5. The van der Waals surface area contributed by atoms with E-state index >= 15 is 0 Å². The Kier molecular flexibility index (Phi) is 4.02. The summed E-state index contributed by atoms with van der Waals surface area (Å²) < 4.78 is 8.04. The lowest BCUT2D eigenvalue weighted by Crippen LogP contribution is -2.20. The number of aromatic nitrogens is 4. The lowest BCUT2D eigenvalue weighted by atomic mass is 10.2. The van der Waals surface area contributed by atoms with Crippen molar-refractivity contribution < 1.29 is 4.74 Å². The molecular formula is C19H20ClN5O. The van der Waals surface area contributed by atoms with Gasteiger partial charge in [0.1, 0.15) is 5.82 Å². The second-order valence-corrected chi connectivity index (χ2v) is 7.32. The number of hydrogen-bond donors (Lipinski definition) is 1.